The van der Waals surface area contributed by atoms with Gasteiger partial charge in [-0.2, -0.15) is 0 Å². The number of anilines is 1. The van der Waals surface area contributed by atoms with E-state index < -0.39 is 28.5 Å². The number of carbonyl (C=O) groups excluding carboxylic acids is 2. The maximum atomic E-state index is 14.3. The van der Waals surface area contributed by atoms with Gasteiger partial charge in [-0.3, -0.25) is 13.9 Å². The minimum absolute atomic E-state index is 0.0877. The van der Waals surface area contributed by atoms with Crippen LogP contribution in [0, 0.1) is 13.8 Å². The predicted octanol–water partition coefficient (Wildman–Crippen LogP) is 5.37. The van der Waals surface area contributed by atoms with Crippen molar-refractivity contribution in [2.24, 2.45) is 0 Å². The van der Waals surface area contributed by atoms with E-state index in [1.54, 1.807) is 49.6 Å². The van der Waals surface area contributed by atoms with Crippen LogP contribution in [0.25, 0.3) is 0 Å². The Morgan fingerprint density at radius 1 is 0.952 bits per heavy atom. The summed E-state index contributed by atoms with van der Waals surface area (Å²) in [4.78, 5) is 29.4. The zero-order chi connectivity index (χ0) is 30.3. The van der Waals surface area contributed by atoms with E-state index in [2.05, 4.69) is 5.32 Å². The molecule has 224 valence electrons. The highest BCUT2D eigenvalue weighted by molar-refractivity contribution is 7.92. The largest absolute Gasteiger partial charge is 0.497 e. The Labute approximate surface area is 249 Å². The molecule has 9 heteroatoms. The lowest BCUT2D eigenvalue weighted by Crippen LogP contribution is -2.53. The van der Waals surface area contributed by atoms with Crippen LogP contribution in [0.3, 0.4) is 0 Å². The van der Waals surface area contributed by atoms with Gasteiger partial charge in [-0.1, -0.05) is 56.2 Å². The van der Waals surface area contributed by atoms with E-state index >= 15 is 0 Å². The summed E-state index contributed by atoms with van der Waals surface area (Å²) in [6.45, 7) is 5.34. The lowest BCUT2D eigenvalue weighted by molar-refractivity contribution is -0.140. The molecule has 1 fully saturated rings. The molecule has 0 bridgehead atoms. The average Bonchev–Trinajstić information content (AvgIpc) is 3.49. The molecule has 4 rings (SSSR count). The van der Waals surface area contributed by atoms with Crippen LogP contribution < -0.4 is 14.4 Å². The summed E-state index contributed by atoms with van der Waals surface area (Å²) in [6, 6.07) is 20.2. The van der Waals surface area contributed by atoms with Crippen LogP contribution in [-0.4, -0.2) is 50.9 Å². The SMILES string of the molecule is CC[C@H](C(=O)NC1CCCC1)N(Cc1ccc(OC)cc1)C(=O)CN(c1cc(C)cc(C)c1)S(=O)(=O)c1ccccc1. The van der Waals surface area contributed by atoms with E-state index in [-0.39, 0.29) is 23.4 Å². The van der Waals surface area contributed by atoms with Gasteiger partial charge >= 0.3 is 0 Å². The van der Waals surface area contributed by atoms with Crippen molar-refractivity contribution in [3.8, 4) is 5.75 Å². The second kappa shape index (κ2) is 13.9. The maximum Gasteiger partial charge on any atom is 0.264 e. The smallest absolute Gasteiger partial charge is 0.264 e. The molecule has 8 nitrogen and oxygen atoms in total. The van der Waals surface area contributed by atoms with Gasteiger partial charge in [0.05, 0.1) is 17.7 Å². The molecule has 2 amide bonds. The van der Waals surface area contributed by atoms with Crippen molar-refractivity contribution < 1.29 is 22.7 Å². The summed E-state index contributed by atoms with van der Waals surface area (Å²) in [5.41, 5.74) is 2.96. The van der Waals surface area contributed by atoms with E-state index in [9.17, 15) is 18.0 Å². The highest BCUT2D eigenvalue weighted by Crippen LogP contribution is 2.27. The minimum Gasteiger partial charge on any atom is -0.497 e. The number of methoxy groups -OCH3 is 1. The van der Waals surface area contributed by atoms with Gasteiger partial charge in [0.2, 0.25) is 11.8 Å². The molecule has 0 spiro atoms. The Bertz CT molecular complexity index is 1450. The van der Waals surface area contributed by atoms with Gasteiger partial charge in [0.1, 0.15) is 18.3 Å². The number of carbonyl (C=O) groups is 2. The standard InChI is InChI=1S/C33H41N3O5S/c1-5-31(33(38)34-27-11-9-10-12-27)35(22-26-15-17-29(41-4)18-16-26)32(37)23-36(28-20-24(2)19-25(3)21-28)42(39,40)30-13-7-6-8-14-30/h6-8,13-21,27,31H,5,9-12,22-23H2,1-4H3,(H,34,38)/t31-/m1/s1. The quantitative estimate of drug-likeness (QED) is 0.305. The minimum atomic E-state index is -4.10. The molecule has 0 heterocycles. The Morgan fingerprint density at radius 3 is 2.14 bits per heavy atom. The highest BCUT2D eigenvalue weighted by atomic mass is 32.2. The first-order chi connectivity index (χ1) is 20.1. The Morgan fingerprint density at radius 2 is 1.57 bits per heavy atom. The Hall–Kier alpha value is -3.85. The molecule has 1 N–H and O–H groups in total. The molecule has 0 aromatic heterocycles. The third kappa shape index (κ3) is 7.50. The van der Waals surface area contributed by atoms with E-state index in [4.69, 9.17) is 4.74 Å². The predicted molar refractivity (Wildman–Crippen MR) is 165 cm³/mol. The monoisotopic (exact) mass is 591 g/mol. The first-order valence-electron chi connectivity index (χ1n) is 14.5. The van der Waals surface area contributed by atoms with Crippen LogP contribution in [0.4, 0.5) is 5.69 Å². The fraction of sp³-hybridized carbons (Fsp3) is 0.394. The molecule has 0 radical (unpaired) electrons. The van der Waals surface area contributed by atoms with Gasteiger partial charge in [-0.25, -0.2) is 8.42 Å². The summed E-state index contributed by atoms with van der Waals surface area (Å²) in [6.07, 6.45) is 4.36. The summed E-state index contributed by atoms with van der Waals surface area (Å²) in [5, 5.41) is 3.14. The van der Waals surface area contributed by atoms with Crippen LogP contribution in [-0.2, 0) is 26.2 Å². The molecule has 1 atom stereocenters. The number of aryl methyl sites for hydroxylation is 2. The van der Waals surface area contributed by atoms with Crippen molar-refractivity contribution in [1.82, 2.24) is 10.2 Å². The third-order valence-electron chi connectivity index (χ3n) is 7.70. The van der Waals surface area contributed by atoms with Crippen LogP contribution in [0.1, 0.15) is 55.7 Å². The van der Waals surface area contributed by atoms with E-state index in [1.165, 1.54) is 17.0 Å². The number of sulfonamides is 1. The molecule has 3 aromatic carbocycles. The third-order valence-corrected chi connectivity index (χ3v) is 9.49. The van der Waals surface area contributed by atoms with Crippen molar-refractivity contribution in [1.29, 1.82) is 0 Å². The number of nitrogens with zero attached hydrogens (tertiary/aromatic N) is 2. The first-order valence-corrected chi connectivity index (χ1v) is 15.9. The van der Waals surface area contributed by atoms with Crippen LogP contribution >= 0.6 is 0 Å². The molecule has 42 heavy (non-hydrogen) atoms. The number of nitrogens with one attached hydrogen (secondary N) is 1. The molecule has 1 aliphatic rings. The Kier molecular flexibility index (Phi) is 10.3. The summed E-state index contributed by atoms with van der Waals surface area (Å²) >= 11 is 0. The van der Waals surface area contributed by atoms with Crippen molar-refractivity contribution in [2.75, 3.05) is 18.0 Å². The van der Waals surface area contributed by atoms with Crippen molar-refractivity contribution in [2.45, 2.75) is 76.4 Å². The number of ether oxygens (including phenoxy) is 1. The van der Waals surface area contributed by atoms with E-state index in [0.717, 1.165) is 46.7 Å². The van der Waals surface area contributed by atoms with Gasteiger partial charge in [-0.15, -0.1) is 0 Å². The zero-order valence-electron chi connectivity index (χ0n) is 24.9. The molecule has 0 unspecified atom stereocenters. The van der Waals surface area contributed by atoms with E-state index in [1.807, 2.05) is 39.0 Å². The number of hydrogen-bond acceptors (Lipinski definition) is 5. The molecule has 0 aliphatic heterocycles. The number of benzene rings is 3. The number of amides is 2. The molecular weight excluding hydrogens is 550 g/mol. The Balaban J connectivity index is 1.72. The van der Waals surface area contributed by atoms with Crippen LogP contribution in [0.2, 0.25) is 0 Å². The normalized spacial score (nSPS) is 14.3. The highest BCUT2D eigenvalue weighted by Gasteiger charge is 2.34. The van der Waals surface area contributed by atoms with Crippen molar-refractivity contribution >= 4 is 27.5 Å². The lowest BCUT2D eigenvalue weighted by atomic mass is 10.1. The van der Waals surface area contributed by atoms with Crippen molar-refractivity contribution in [3.63, 3.8) is 0 Å². The summed E-state index contributed by atoms with van der Waals surface area (Å²) in [5.74, 6) is 0.00521. The van der Waals surface area contributed by atoms with Gasteiger partial charge in [0, 0.05) is 12.6 Å². The topological polar surface area (TPSA) is 96.0 Å². The molecule has 1 aliphatic carbocycles. The number of hydrogen-bond donors (Lipinski definition) is 1. The van der Waals surface area contributed by atoms with Gasteiger partial charge in [0.15, 0.2) is 0 Å². The summed E-state index contributed by atoms with van der Waals surface area (Å²) < 4.78 is 34.5. The van der Waals surface area contributed by atoms with Gasteiger partial charge < -0.3 is 15.0 Å². The number of rotatable bonds is 12. The van der Waals surface area contributed by atoms with Crippen molar-refractivity contribution in [3.05, 3.63) is 89.5 Å². The van der Waals surface area contributed by atoms with Crippen LogP contribution in [0.15, 0.2) is 77.7 Å². The summed E-state index contributed by atoms with van der Waals surface area (Å²) in [7, 11) is -2.52. The fourth-order valence-corrected chi connectivity index (χ4v) is 6.98. The van der Waals surface area contributed by atoms with Gasteiger partial charge in [0.25, 0.3) is 10.0 Å². The second-order valence-electron chi connectivity index (χ2n) is 11.0. The lowest BCUT2D eigenvalue weighted by Gasteiger charge is -2.34. The first kappa shape index (κ1) is 31.1. The fourth-order valence-electron chi connectivity index (χ4n) is 5.56. The van der Waals surface area contributed by atoms with Crippen LogP contribution in [0.5, 0.6) is 5.75 Å². The maximum absolute atomic E-state index is 14.3. The van der Waals surface area contributed by atoms with Gasteiger partial charge in [-0.05, 0) is 86.2 Å². The molecule has 1 saturated carbocycles. The molecule has 0 saturated heterocycles. The zero-order valence-corrected chi connectivity index (χ0v) is 25.7. The van der Waals surface area contributed by atoms with E-state index in [0.29, 0.717) is 17.9 Å². The molecule has 3 aromatic rings. The average molecular weight is 592 g/mol. The molecular formula is C33H41N3O5S. The second-order valence-corrected chi connectivity index (χ2v) is 12.8.